The normalized spacial score (nSPS) is 24.1. The van der Waals surface area contributed by atoms with Crippen LogP contribution in [0.4, 0.5) is 5.69 Å². The van der Waals surface area contributed by atoms with Crippen molar-refractivity contribution in [2.75, 3.05) is 5.32 Å². The minimum atomic E-state index is -0.278. The number of anilines is 1. The third-order valence-corrected chi connectivity index (χ3v) is 3.30. The van der Waals surface area contributed by atoms with Crippen LogP contribution in [0.3, 0.4) is 0 Å². The van der Waals surface area contributed by atoms with Gasteiger partial charge in [0, 0.05) is 5.69 Å². The van der Waals surface area contributed by atoms with Gasteiger partial charge in [-0.3, -0.25) is 0 Å². The van der Waals surface area contributed by atoms with E-state index in [-0.39, 0.29) is 12.1 Å². The topological polar surface area (TPSA) is 44.3 Å². The molecule has 0 heterocycles. The van der Waals surface area contributed by atoms with Crippen molar-refractivity contribution in [2.45, 2.75) is 37.8 Å². The van der Waals surface area contributed by atoms with Gasteiger partial charge in [0.15, 0.2) is 5.11 Å². The third-order valence-electron chi connectivity index (χ3n) is 3.08. The summed E-state index contributed by atoms with van der Waals surface area (Å²) in [4.78, 5) is 0. The summed E-state index contributed by atoms with van der Waals surface area (Å²) in [6, 6.07) is 9.90. The van der Waals surface area contributed by atoms with Crippen LogP contribution in [0.2, 0.25) is 0 Å². The van der Waals surface area contributed by atoms with Crippen LogP contribution >= 0.6 is 12.2 Å². The number of thiocarbonyl (C=S) groups is 1. The Morgan fingerprint density at radius 2 is 1.88 bits per heavy atom. The van der Waals surface area contributed by atoms with E-state index in [1.165, 1.54) is 0 Å². The molecule has 17 heavy (non-hydrogen) atoms. The van der Waals surface area contributed by atoms with Crippen LogP contribution in [0.15, 0.2) is 30.3 Å². The highest BCUT2D eigenvalue weighted by Crippen LogP contribution is 2.18. The molecule has 0 amide bonds. The minimum absolute atomic E-state index is 0.0902. The predicted octanol–water partition coefficient (Wildman–Crippen LogP) is 2.28. The van der Waals surface area contributed by atoms with E-state index in [2.05, 4.69) is 10.6 Å². The first-order valence-corrected chi connectivity index (χ1v) is 6.47. The van der Waals surface area contributed by atoms with Crippen LogP contribution in [0.5, 0.6) is 0 Å². The van der Waals surface area contributed by atoms with Crippen molar-refractivity contribution in [1.82, 2.24) is 5.32 Å². The van der Waals surface area contributed by atoms with Crippen molar-refractivity contribution in [3.8, 4) is 0 Å². The number of para-hydroxylation sites is 1. The fraction of sp³-hybridized carbons (Fsp3) is 0.462. The van der Waals surface area contributed by atoms with Gasteiger partial charge in [0.1, 0.15) is 0 Å². The molecule has 0 saturated heterocycles. The van der Waals surface area contributed by atoms with Crippen LogP contribution < -0.4 is 10.6 Å². The van der Waals surface area contributed by atoms with E-state index in [9.17, 15) is 5.11 Å². The first-order valence-electron chi connectivity index (χ1n) is 6.06. The summed E-state index contributed by atoms with van der Waals surface area (Å²) in [5, 5.41) is 16.7. The lowest BCUT2D eigenvalue weighted by Crippen LogP contribution is -2.46. The fourth-order valence-corrected chi connectivity index (χ4v) is 2.41. The van der Waals surface area contributed by atoms with Crippen LogP contribution in [-0.4, -0.2) is 22.4 Å². The Kier molecular flexibility index (Phi) is 4.34. The third kappa shape index (κ3) is 3.68. The zero-order valence-corrected chi connectivity index (χ0v) is 10.5. The van der Waals surface area contributed by atoms with Gasteiger partial charge in [-0.25, -0.2) is 0 Å². The number of nitrogens with one attached hydrogen (secondary N) is 2. The highest BCUT2D eigenvalue weighted by molar-refractivity contribution is 7.80. The summed E-state index contributed by atoms with van der Waals surface area (Å²) >= 11 is 5.24. The van der Waals surface area contributed by atoms with Crippen LogP contribution in [-0.2, 0) is 0 Å². The first-order chi connectivity index (χ1) is 8.25. The van der Waals surface area contributed by atoms with Gasteiger partial charge < -0.3 is 15.7 Å². The van der Waals surface area contributed by atoms with E-state index in [1.54, 1.807) is 0 Å². The van der Waals surface area contributed by atoms with E-state index in [4.69, 9.17) is 12.2 Å². The Balaban J connectivity index is 1.84. The van der Waals surface area contributed by atoms with E-state index in [0.29, 0.717) is 5.11 Å². The lowest BCUT2D eigenvalue weighted by molar-refractivity contribution is 0.100. The molecular weight excluding hydrogens is 232 g/mol. The van der Waals surface area contributed by atoms with E-state index >= 15 is 0 Å². The second-order valence-electron chi connectivity index (χ2n) is 4.42. The largest absolute Gasteiger partial charge is 0.391 e. The highest BCUT2D eigenvalue weighted by atomic mass is 32.1. The number of aliphatic hydroxyl groups is 1. The van der Waals surface area contributed by atoms with Crippen molar-refractivity contribution in [2.24, 2.45) is 0 Å². The molecule has 1 fully saturated rings. The molecule has 3 nitrogen and oxygen atoms in total. The maximum absolute atomic E-state index is 9.83. The van der Waals surface area contributed by atoms with Crippen molar-refractivity contribution in [1.29, 1.82) is 0 Å². The van der Waals surface area contributed by atoms with Crippen molar-refractivity contribution in [3.05, 3.63) is 30.3 Å². The molecular formula is C13H18N2OS. The molecule has 1 saturated carbocycles. The molecule has 1 aliphatic carbocycles. The molecule has 0 aliphatic heterocycles. The van der Waals surface area contributed by atoms with Gasteiger partial charge in [0.05, 0.1) is 12.1 Å². The molecule has 3 N–H and O–H groups in total. The molecule has 0 unspecified atom stereocenters. The number of aliphatic hydroxyl groups excluding tert-OH is 1. The molecule has 0 aromatic heterocycles. The smallest absolute Gasteiger partial charge is 0.171 e. The molecule has 1 aliphatic rings. The van der Waals surface area contributed by atoms with E-state index in [0.717, 1.165) is 31.4 Å². The SMILES string of the molecule is O[C@H]1CCCC[C@H]1NC(=S)Nc1ccccc1. The van der Waals surface area contributed by atoms with Crippen molar-refractivity contribution < 1.29 is 5.11 Å². The first kappa shape index (κ1) is 12.3. The summed E-state index contributed by atoms with van der Waals surface area (Å²) in [6.45, 7) is 0. The zero-order valence-electron chi connectivity index (χ0n) is 9.73. The summed E-state index contributed by atoms with van der Waals surface area (Å²) < 4.78 is 0. The van der Waals surface area contributed by atoms with Gasteiger partial charge in [-0.05, 0) is 37.2 Å². The van der Waals surface area contributed by atoms with Crippen molar-refractivity contribution in [3.63, 3.8) is 0 Å². The molecule has 2 rings (SSSR count). The maximum Gasteiger partial charge on any atom is 0.171 e. The van der Waals surface area contributed by atoms with Crippen LogP contribution in [0.25, 0.3) is 0 Å². The van der Waals surface area contributed by atoms with Crippen molar-refractivity contribution >= 4 is 23.0 Å². The second kappa shape index (κ2) is 5.98. The summed E-state index contributed by atoms with van der Waals surface area (Å²) in [6.07, 6.45) is 3.84. The van der Waals surface area contributed by atoms with Crippen LogP contribution in [0.1, 0.15) is 25.7 Å². The predicted molar refractivity (Wildman–Crippen MR) is 74.1 cm³/mol. The average molecular weight is 250 g/mol. The van der Waals surface area contributed by atoms with Gasteiger partial charge >= 0.3 is 0 Å². The van der Waals surface area contributed by atoms with E-state index in [1.807, 2.05) is 30.3 Å². The number of hydrogen-bond acceptors (Lipinski definition) is 2. The van der Waals surface area contributed by atoms with Gasteiger partial charge in [0.25, 0.3) is 0 Å². The Bertz CT molecular complexity index is 369. The van der Waals surface area contributed by atoms with E-state index < -0.39 is 0 Å². The monoisotopic (exact) mass is 250 g/mol. The molecule has 2 atom stereocenters. The second-order valence-corrected chi connectivity index (χ2v) is 4.83. The molecule has 0 spiro atoms. The summed E-state index contributed by atoms with van der Waals surface area (Å²) in [5.41, 5.74) is 0.968. The standard InChI is InChI=1S/C13H18N2OS/c16-12-9-5-4-8-11(12)15-13(17)14-10-6-2-1-3-7-10/h1-3,6-7,11-12,16H,4-5,8-9H2,(H2,14,15,17)/t11-,12+/m1/s1. The summed E-state index contributed by atoms with van der Waals surface area (Å²) in [7, 11) is 0. The minimum Gasteiger partial charge on any atom is -0.391 e. The highest BCUT2D eigenvalue weighted by Gasteiger charge is 2.23. The van der Waals surface area contributed by atoms with Gasteiger partial charge in [0.2, 0.25) is 0 Å². The van der Waals surface area contributed by atoms with Gasteiger partial charge in [-0.1, -0.05) is 31.0 Å². The Morgan fingerprint density at radius 3 is 2.59 bits per heavy atom. The average Bonchev–Trinajstić information content (AvgIpc) is 2.33. The molecule has 0 bridgehead atoms. The van der Waals surface area contributed by atoms with Gasteiger partial charge in [-0.15, -0.1) is 0 Å². The number of benzene rings is 1. The molecule has 1 aromatic carbocycles. The Morgan fingerprint density at radius 1 is 1.18 bits per heavy atom. The Hall–Kier alpha value is -1.13. The lowest BCUT2D eigenvalue weighted by atomic mass is 9.93. The molecule has 4 heteroatoms. The fourth-order valence-electron chi connectivity index (χ4n) is 2.14. The Labute approximate surface area is 107 Å². The number of rotatable bonds is 2. The maximum atomic E-state index is 9.83. The quantitative estimate of drug-likeness (QED) is 0.705. The zero-order chi connectivity index (χ0) is 12.1. The molecule has 1 aromatic rings. The summed E-state index contributed by atoms with van der Waals surface area (Å²) in [5.74, 6) is 0. The molecule has 0 radical (unpaired) electrons. The lowest BCUT2D eigenvalue weighted by Gasteiger charge is -2.29. The van der Waals surface area contributed by atoms with Gasteiger partial charge in [-0.2, -0.15) is 0 Å². The molecule has 92 valence electrons. The van der Waals surface area contributed by atoms with Crippen LogP contribution in [0, 0.1) is 0 Å². The number of hydrogen-bond donors (Lipinski definition) is 3.